The van der Waals surface area contributed by atoms with Gasteiger partial charge in [0.05, 0.1) is 12.6 Å². The molecule has 1 aliphatic heterocycles. The Morgan fingerprint density at radius 2 is 1.77 bits per heavy atom. The molecule has 35 heavy (non-hydrogen) atoms. The smallest absolute Gasteiger partial charge is 0.332 e. The topological polar surface area (TPSA) is 139 Å². The number of β-amino-alcohol motifs (C(OH)–C–C–N with tert-alkyl or cyclic N) is 1. The largest absolute Gasteiger partial charge is 0.393 e. The molecule has 1 fully saturated rings. The quantitative estimate of drug-likeness (QED) is 0.249. The van der Waals surface area contributed by atoms with Crippen molar-refractivity contribution < 1.29 is 26.2 Å². The third-order valence-corrected chi connectivity index (χ3v) is 6.56. The predicted molar refractivity (Wildman–Crippen MR) is 124 cm³/mol. The highest BCUT2D eigenvalue weighted by atomic mass is 32.3. The molecule has 2 aromatic carbocycles. The third kappa shape index (κ3) is 5.01. The lowest BCUT2D eigenvalue weighted by atomic mass is 10.1. The van der Waals surface area contributed by atoms with E-state index in [2.05, 4.69) is 9.97 Å². The highest BCUT2D eigenvalue weighted by Crippen LogP contribution is 2.39. The van der Waals surface area contributed by atoms with Crippen LogP contribution in [0.5, 0.6) is 0 Å². The van der Waals surface area contributed by atoms with Gasteiger partial charge in [-0.15, -0.1) is 3.89 Å². The van der Waals surface area contributed by atoms with Crippen LogP contribution in [0.4, 0.5) is 30.0 Å². The number of aliphatic hydroxyl groups is 1. The number of nitrogen functional groups attached to an aromatic ring is 1. The molecule has 1 saturated heterocycles. The maximum Gasteiger partial charge on any atom is 0.332 e. The second-order valence-corrected chi connectivity index (χ2v) is 9.43. The first-order valence-electron chi connectivity index (χ1n) is 10.6. The molecule has 0 spiro atoms. The molecular formula is C22H23F3N6O3S. The number of hydrazine groups is 1. The molecule has 0 radical (unpaired) electrons. The molecule has 0 amide bonds. The minimum absolute atomic E-state index is 0.0231. The number of anilines is 3. The van der Waals surface area contributed by atoms with E-state index in [-0.39, 0.29) is 35.0 Å². The number of rotatable bonds is 7. The SMILES string of the molecule is Nc1c(N(N)Cc2ccccc2S(=O)(=O)F)nc(C(F)(F)c2ccccc2)nc1N1CCC(O)C1. The summed E-state index contributed by atoms with van der Waals surface area (Å²) in [6, 6.07) is 12.1. The van der Waals surface area contributed by atoms with E-state index in [0.717, 1.165) is 11.1 Å². The second-order valence-electron chi connectivity index (χ2n) is 8.11. The van der Waals surface area contributed by atoms with Gasteiger partial charge in [-0.3, -0.25) is 5.01 Å². The minimum Gasteiger partial charge on any atom is -0.393 e. The van der Waals surface area contributed by atoms with Crippen LogP contribution in [0.1, 0.15) is 23.4 Å². The minimum atomic E-state index is -5.07. The fourth-order valence-electron chi connectivity index (χ4n) is 3.89. The van der Waals surface area contributed by atoms with Crippen LogP contribution < -0.4 is 21.5 Å². The number of benzene rings is 2. The number of nitrogens with zero attached hydrogens (tertiary/aromatic N) is 4. The van der Waals surface area contributed by atoms with Crippen LogP contribution in [0.2, 0.25) is 0 Å². The van der Waals surface area contributed by atoms with Gasteiger partial charge in [0.1, 0.15) is 10.6 Å². The van der Waals surface area contributed by atoms with Crippen molar-refractivity contribution in [3.63, 3.8) is 0 Å². The summed E-state index contributed by atoms with van der Waals surface area (Å²) in [6.07, 6.45) is -0.307. The van der Waals surface area contributed by atoms with Crippen molar-refractivity contribution in [2.24, 2.45) is 5.84 Å². The maximum atomic E-state index is 15.4. The van der Waals surface area contributed by atoms with Gasteiger partial charge < -0.3 is 15.7 Å². The second kappa shape index (κ2) is 9.32. The van der Waals surface area contributed by atoms with E-state index >= 15 is 8.78 Å². The van der Waals surface area contributed by atoms with Gasteiger partial charge in [0.2, 0.25) is 5.82 Å². The summed E-state index contributed by atoms with van der Waals surface area (Å²) in [4.78, 5) is 8.91. The van der Waals surface area contributed by atoms with E-state index in [1.165, 1.54) is 42.5 Å². The van der Waals surface area contributed by atoms with Crippen LogP contribution in [0.25, 0.3) is 0 Å². The Morgan fingerprint density at radius 3 is 2.40 bits per heavy atom. The third-order valence-electron chi connectivity index (χ3n) is 5.63. The van der Waals surface area contributed by atoms with Crippen LogP contribution in [-0.2, 0) is 22.7 Å². The average molecular weight is 509 g/mol. The highest BCUT2D eigenvalue weighted by Gasteiger charge is 2.40. The zero-order chi connectivity index (χ0) is 25.4. The van der Waals surface area contributed by atoms with Crippen molar-refractivity contribution in [1.82, 2.24) is 9.97 Å². The Kier molecular flexibility index (Phi) is 6.58. The van der Waals surface area contributed by atoms with Crippen LogP contribution in [0, 0.1) is 0 Å². The molecule has 13 heteroatoms. The van der Waals surface area contributed by atoms with E-state index in [4.69, 9.17) is 11.6 Å². The Hall–Kier alpha value is -3.42. The lowest BCUT2D eigenvalue weighted by Gasteiger charge is -2.27. The normalized spacial score (nSPS) is 16.5. The number of aromatic nitrogens is 2. The molecule has 9 nitrogen and oxygen atoms in total. The summed E-state index contributed by atoms with van der Waals surface area (Å²) in [5.41, 5.74) is 5.70. The molecule has 0 saturated carbocycles. The zero-order valence-electron chi connectivity index (χ0n) is 18.4. The number of halogens is 3. The van der Waals surface area contributed by atoms with Crippen molar-refractivity contribution in [3.05, 3.63) is 71.5 Å². The Balaban J connectivity index is 1.81. The van der Waals surface area contributed by atoms with E-state index in [1.54, 1.807) is 11.0 Å². The predicted octanol–water partition coefficient (Wildman–Crippen LogP) is 2.31. The number of alkyl halides is 2. The van der Waals surface area contributed by atoms with Gasteiger partial charge in [0.25, 0.3) is 0 Å². The standard InChI is InChI=1S/C22H23F3N6O3S/c23-22(24,15-7-2-1-3-8-15)21-28-19(30-11-10-16(32)13-30)18(26)20(29-21)31(27)12-14-6-4-5-9-17(14)35(25,33)34/h1-9,16,32H,10-13,26-27H2. The first-order chi connectivity index (χ1) is 16.5. The van der Waals surface area contributed by atoms with Crippen LogP contribution in [-0.4, -0.2) is 42.7 Å². The number of nitrogens with two attached hydrogens (primary N) is 2. The van der Waals surface area contributed by atoms with Gasteiger partial charge in [-0.05, 0) is 18.1 Å². The summed E-state index contributed by atoms with van der Waals surface area (Å²) in [7, 11) is -5.07. The lowest BCUT2D eigenvalue weighted by molar-refractivity contribution is 0.0330. The molecule has 2 heterocycles. The summed E-state index contributed by atoms with van der Waals surface area (Å²) in [6.45, 7) is 0.0229. The maximum absolute atomic E-state index is 15.4. The van der Waals surface area contributed by atoms with E-state index < -0.39 is 39.5 Å². The molecule has 5 N–H and O–H groups in total. The van der Waals surface area contributed by atoms with Gasteiger partial charge in [0, 0.05) is 18.7 Å². The van der Waals surface area contributed by atoms with Gasteiger partial charge in [-0.1, -0.05) is 48.5 Å². The average Bonchev–Trinajstić information content (AvgIpc) is 3.25. The van der Waals surface area contributed by atoms with Crippen LogP contribution >= 0.6 is 0 Å². The van der Waals surface area contributed by atoms with Gasteiger partial charge >= 0.3 is 16.1 Å². The lowest BCUT2D eigenvalue weighted by Crippen LogP contribution is -2.35. The van der Waals surface area contributed by atoms with E-state index in [0.29, 0.717) is 13.0 Å². The molecule has 3 aromatic rings. The van der Waals surface area contributed by atoms with Crippen molar-refractivity contribution >= 4 is 27.5 Å². The summed E-state index contributed by atoms with van der Waals surface area (Å²) >= 11 is 0. The van der Waals surface area contributed by atoms with Gasteiger partial charge in [-0.2, -0.15) is 17.2 Å². The Morgan fingerprint density at radius 1 is 1.11 bits per heavy atom. The van der Waals surface area contributed by atoms with Crippen molar-refractivity contribution in [2.45, 2.75) is 29.9 Å². The summed E-state index contributed by atoms with van der Waals surface area (Å²) < 4.78 is 67.7. The van der Waals surface area contributed by atoms with E-state index in [9.17, 15) is 17.4 Å². The van der Waals surface area contributed by atoms with E-state index in [1.807, 2.05) is 0 Å². The molecule has 1 aliphatic rings. The Bertz CT molecular complexity index is 1330. The van der Waals surface area contributed by atoms with Crippen LogP contribution in [0.15, 0.2) is 59.5 Å². The zero-order valence-corrected chi connectivity index (χ0v) is 19.2. The monoisotopic (exact) mass is 508 g/mol. The van der Waals surface area contributed by atoms with Crippen molar-refractivity contribution in [2.75, 3.05) is 28.7 Å². The Labute approximate surface area is 200 Å². The molecule has 186 valence electrons. The molecule has 4 rings (SSSR count). The molecular weight excluding hydrogens is 485 g/mol. The molecule has 1 atom stereocenters. The fourth-order valence-corrected chi connectivity index (χ4v) is 4.57. The first-order valence-corrected chi connectivity index (χ1v) is 12.0. The number of aliphatic hydroxyl groups excluding tert-OH is 1. The molecule has 0 bridgehead atoms. The molecule has 1 aromatic heterocycles. The molecule has 0 aliphatic carbocycles. The highest BCUT2D eigenvalue weighted by molar-refractivity contribution is 7.86. The molecule has 1 unspecified atom stereocenters. The fraction of sp³-hybridized carbons (Fsp3) is 0.273. The summed E-state index contributed by atoms with van der Waals surface area (Å²) in [5, 5.41) is 10.8. The summed E-state index contributed by atoms with van der Waals surface area (Å²) in [5.74, 6) is 1.27. The number of hydrogen-bond acceptors (Lipinski definition) is 9. The van der Waals surface area contributed by atoms with Crippen molar-refractivity contribution in [1.29, 1.82) is 0 Å². The van der Waals surface area contributed by atoms with Crippen LogP contribution in [0.3, 0.4) is 0 Å². The van der Waals surface area contributed by atoms with Crippen molar-refractivity contribution in [3.8, 4) is 0 Å². The van der Waals surface area contributed by atoms with Gasteiger partial charge in [0.15, 0.2) is 11.6 Å². The number of hydrogen-bond donors (Lipinski definition) is 3. The first kappa shape index (κ1) is 24.7. The van der Waals surface area contributed by atoms with Gasteiger partial charge in [-0.25, -0.2) is 15.8 Å².